The van der Waals surface area contributed by atoms with E-state index in [1.807, 2.05) is 0 Å². The monoisotopic (exact) mass is 281 g/mol. The number of nitrogens with one attached hydrogen (secondary N) is 1. The van der Waals surface area contributed by atoms with Gasteiger partial charge in [-0.25, -0.2) is 0 Å². The van der Waals surface area contributed by atoms with Crippen LogP contribution in [0.1, 0.15) is 52.4 Å². The van der Waals surface area contributed by atoms with E-state index in [0.717, 1.165) is 18.0 Å². The summed E-state index contributed by atoms with van der Waals surface area (Å²) in [7, 11) is 2.26. The molecule has 2 aliphatic rings. The van der Waals surface area contributed by atoms with Gasteiger partial charge in [0.2, 0.25) is 0 Å². The van der Waals surface area contributed by atoms with Gasteiger partial charge in [-0.1, -0.05) is 20.3 Å². The number of rotatable bonds is 6. The molecule has 0 bridgehead atoms. The Hall–Kier alpha value is -0.120. The minimum atomic E-state index is 0.736. The molecule has 0 aliphatic carbocycles. The molecule has 0 aromatic carbocycles. The van der Waals surface area contributed by atoms with Crippen LogP contribution in [0.5, 0.6) is 0 Å². The van der Waals surface area contributed by atoms with E-state index in [4.69, 9.17) is 0 Å². The maximum Gasteiger partial charge on any atom is 0.0218 e. The van der Waals surface area contributed by atoms with Crippen LogP contribution in [0.15, 0.2) is 0 Å². The summed E-state index contributed by atoms with van der Waals surface area (Å²) in [5.41, 5.74) is 0. The molecule has 0 saturated carbocycles. The van der Waals surface area contributed by atoms with Gasteiger partial charge in [0.25, 0.3) is 0 Å². The van der Waals surface area contributed by atoms with Crippen molar-refractivity contribution in [2.24, 2.45) is 5.92 Å². The Morgan fingerprint density at radius 1 is 1.10 bits per heavy atom. The fraction of sp³-hybridized carbons (Fsp3) is 1.00. The molecule has 3 nitrogen and oxygen atoms in total. The predicted octanol–water partition coefficient (Wildman–Crippen LogP) is 2.57. The van der Waals surface area contributed by atoms with Gasteiger partial charge in [0.15, 0.2) is 0 Å². The summed E-state index contributed by atoms with van der Waals surface area (Å²) in [5.74, 6) is 0.975. The number of piperazine rings is 1. The average molecular weight is 281 g/mol. The zero-order valence-corrected chi connectivity index (χ0v) is 13.9. The Morgan fingerprint density at radius 2 is 1.85 bits per heavy atom. The zero-order chi connectivity index (χ0) is 14.4. The van der Waals surface area contributed by atoms with Crippen LogP contribution in [0.4, 0.5) is 0 Å². The van der Waals surface area contributed by atoms with Gasteiger partial charge in [-0.2, -0.15) is 0 Å². The summed E-state index contributed by atoms with van der Waals surface area (Å²) in [4.78, 5) is 5.27. The third kappa shape index (κ3) is 4.71. The molecule has 2 atom stereocenters. The molecule has 0 aromatic rings. The largest absolute Gasteiger partial charge is 0.311 e. The van der Waals surface area contributed by atoms with Crippen molar-refractivity contribution in [2.75, 3.05) is 39.8 Å². The number of hydrogen-bond acceptors (Lipinski definition) is 3. The quantitative estimate of drug-likeness (QED) is 0.807. The zero-order valence-electron chi connectivity index (χ0n) is 13.9. The molecule has 118 valence electrons. The van der Waals surface area contributed by atoms with Gasteiger partial charge in [0, 0.05) is 25.2 Å². The lowest BCUT2D eigenvalue weighted by Gasteiger charge is -2.41. The Labute approximate surface area is 126 Å². The highest BCUT2D eigenvalue weighted by atomic mass is 15.2. The molecular formula is C17H35N3. The first-order chi connectivity index (χ1) is 9.72. The lowest BCUT2D eigenvalue weighted by atomic mass is 9.93. The SMILES string of the molecule is CCCC1CN(CCC2CCN(C)CC2)C(CC)CN1. The highest BCUT2D eigenvalue weighted by Crippen LogP contribution is 2.22. The van der Waals surface area contributed by atoms with E-state index in [9.17, 15) is 0 Å². The standard InChI is InChI=1S/C17H35N3/c1-4-6-16-14-20(17(5-2)13-18-16)12-9-15-7-10-19(3)11-8-15/h15-18H,4-14H2,1-3H3. The van der Waals surface area contributed by atoms with Crippen LogP contribution in [-0.4, -0.2) is 61.7 Å². The first-order valence-electron chi connectivity index (χ1n) is 8.88. The molecule has 3 heteroatoms. The van der Waals surface area contributed by atoms with E-state index in [2.05, 4.69) is 36.0 Å². The van der Waals surface area contributed by atoms with Crippen molar-refractivity contribution in [1.82, 2.24) is 15.1 Å². The average Bonchev–Trinajstić information content (AvgIpc) is 2.47. The molecule has 20 heavy (non-hydrogen) atoms. The summed E-state index contributed by atoms with van der Waals surface area (Å²) in [6.07, 6.45) is 8.18. The van der Waals surface area contributed by atoms with Crippen molar-refractivity contribution < 1.29 is 0 Å². The molecule has 1 N–H and O–H groups in total. The smallest absolute Gasteiger partial charge is 0.0218 e. The van der Waals surface area contributed by atoms with Gasteiger partial charge in [-0.05, 0) is 64.7 Å². The summed E-state index contributed by atoms with van der Waals surface area (Å²) >= 11 is 0. The topological polar surface area (TPSA) is 18.5 Å². The van der Waals surface area contributed by atoms with Crippen LogP contribution < -0.4 is 5.32 Å². The van der Waals surface area contributed by atoms with Crippen molar-refractivity contribution in [3.05, 3.63) is 0 Å². The Bertz CT molecular complexity index is 261. The van der Waals surface area contributed by atoms with Crippen molar-refractivity contribution >= 4 is 0 Å². The summed E-state index contributed by atoms with van der Waals surface area (Å²) in [6, 6.07) is 1.51. The number of likely N-dealkylation sites (tertiary alicyclic amines) is 1. The third-order valence-electron chi connectivity index (χ3n) is 5.38. The molecular weight excluding hydrogens is 246 g/mol. The van der Waals surface area contributed by atoms with Crippen molar-refractivity contribution in [3.8, 4) is 0 Å². The third-order valence-corrected chi connectivity index (χ3v) is 5.38. The fourth-order valence-electron chi connectivity index (χ4n) is 3.85. The van der Waals surface area contributed by atoms with E-state index in [0.29, 0.717) is 0 Å². The van der Waals surface area contributed by atoms with E-state index in [1.165, 1.54) is 71.2 Å². The molecule has 2 unspecified atom stereocenters. The lowest BCUT2D eigenvalue weighted by molar-refractivity contribution is 0.107. The maximum atomic E-state index is 3.75. The van der Waals surface area contributed by atoms with Gasteiger partial charge < -0.3 is 10.2 Å². The summed E-state index contributed by atoms with van der Waals surface area (Å²) < 4.78 is 0. The first kappa shape index (κ1) is 16.3. The molecule has 0 spiro atoms. The van der Waals surface area contributed by atoms with E-state index >= 15 is 0 Å². The van der Waals surface area contributed by atoms with Crippen molar-refractivity contribution in [2.45, 2.75) is 64.5 Å². The molecule has 2 heterocycles. The summed E-state index contributed by atoms with van der Waals surface area (Å²) in [6.45, 7) is 11.1. The van der Waals surface area contributed by atoms with Crippen LogP contribution in [-0.2, 0) is 0 Å². The maximum absolute atomic E-state index is 3.75. The molecule has 2 saturated heterocycles. The minimum absolute atomic E-state index is 0.736. The van der Waals surface area contributed by atoms with Gasteiger partial charge in [0.05, 0.1) is 0 Å². The minimum Gasteiger partial charge on any atom is -0.311 e. The van der Waals surface area contributed by atoms with Gasteiger partial charge in [-0.3, -0.25) is 4.90 Å². The first-order valence-corrected chi connectivity index (χ1v) is 8.88. The van der Waals surface area contributed by atoms with E-state index in [1.54, 1.807) is 0 Å². The summed E-state index contributed by atoms with van der Waals surface area (Å²) in [5, 5.41) is 3.75. The van der Waals surface area contributed by atoms with Gasteiger partial charge >= 0.3 is 0 Å². The van der Waals surface area contributed by atoms with Crippen LogP contribution in [0.2, 0.25) is 0 Å². The van der Waals surface area contributed by atoms with Crippen molar-refractivity contribution in [3.63, 3.8) is 0 Å². The second kappa shape index (κ2) is 8.35. The van der Waals surface area contributed by atoms with Crippen molar-refractivity contribution in [1.29, 1.82) is 0 Å². The normalized spacial score (nSPS) is 30.8. The highest BCUT2D eigenvalue weighted by Gasteiger charge is 2.27. The van der Waals surface area contributed by atoms with Crippen LogP contribution in [0, 0.1) is 5.92 Å². The molecule has 0 radical (unpaired) electrons. The van der Waals surface area contributed by atoms with Gasteiger partial charge in [-0.15, -0.1) is 0 Å². The molecule has 2 rings (SSSR count). The Kier molecular flexibility index (Phi) is 6.79. The number of hydrogen-bond donors (Lipinski definition) is 1. The van der Waals surface area contributed by atoms with Crippen LogP contribution in [0.3, 0.4) is 0 Å². The molecule has 2 aliphatic heterocycles. The second-order valence-corrected chi connectivity index (χ2v) is 6.99. The predicted molar refractivity (Wildman–Crippen MR) is 87.2 cm³/mol. The van der Waals surface area contributed by atoms with Crippen LogP contribution in [0.25, 0.3) is 0 Å². The van der Waals surface area contributed by atoms with Crippen LogP contribution >= 0.6 is 0 Å². The Morgan fingerprint density at radius 3 is 2.50 bits per heavy atom. The second-order valence-electron chi connectivity index (χ2n) is 6.99. The fourth-order valence-corrected chi connectivity index (χ4v) is 3.85. The molecule has 0 amide bonds. The molecule has 0 aromatic heterocycles. The Balaban J connectivity index is 1.76. The lowest BCUT2D eigenvalue weighted by Crippen LogP contribution is -2.56. The van der Waals surface area contributed by atoms with Gasteiger partial charge in [0.1, 0.15) is 0 Å². The number of nitrogens with zero attached hydrogens (tertiary/aromatic N) is 2. The molecule has 2 fully saturated rings. The highest BCUT2D eigenvalue weighted by molar-refractivity contribution is 4.86. The van der Waals surface area contributed by atoms with E-state index in [-0.39, 0.29) is 0 Å². The van der Waals surface area contributed by atoms with E-state index < -0.39 is 0 Å². The number of piperidine rings is 1.